The minimum atomic E-state index is 0.278. The fraction of sp³-hybridized carbons (Fsp3) is 1.00. The minimum absolute atomic E-state index is 0.278. The van der Waals surface area contributed by atoms with Crippen LogP contribution >= 0.6 is 0 Å². The van der Waals surface area contributed by atoms with E-state index in [1.807, 2.05) is 0 Å². The van der Waals surface area contributed by atoms with Crippen molar-refractivity contribution in [1.29, 1.82) is 0 Å². The van der Waals surface area contributed by atoms with Crippen LogP contribution in [0.1, 0.15) is 52.4 Å². The molecule has 0 aromatic carbocycles. The van der Waals surface area contributed by atoms with E-state index in [9.17, 15) is 0 Å². The molecule has 3 heteroatoms. The molecule has 2 fully saturated rings. The van der Waals surface area contributed by atoms with Crippen LogP contribution in [-0.4, -0.2) is 38.0 Å². The second-order valence-electron chi connectivity index (χ2n) is 6.34. The van der Waals surface area contributed by atoms with Gasteiger partial charge in [0.15, 0.2) is 0 Å². The van der Waals surface area contributed by atoms with Gasteiger partial charge in [0.05, 0.1) is 18.3 Å². The first-order chi connectivity index (χ1) is 8.70. The number of hydrogen-bond donors (Lipinski definition) is 1. The summed E-state index contributed by atoms with van der Waals surface area (Å²) in [5.41, 5.74) is 0.278. The lowest BCUT2D eigenvalue weighted by atomic mass is 9.98. The van der Waals surface area contributed by atoms with Crippen molar-refractivity contribution in [2.45, 2.75) is 64.1 Å². The molecule has 2 rings (SSSR count). The van der Waals surface area contributed by atoms with Gasteiger partial charge in [0.1, 0.15) is 0 Å². The molecule has 0 bridgehead atoms. The van der Waals surface area contributed by atoms with Crippen molar-refractivity contribution < 1.29 is 9.47 Å². The zero-order valence-electron chi connectivity index (χ0n) is 12.0. The van der Waals surface area contributed by atoms with Crippen LogP contribution in [0.4, 0.5) is 0 Å². The van der Waals surface area contributed by atoms with Gasteiger partial charge in [-0.25, -0.2) is 0 Å². The largest absolute Gasteiger partial charge is 0.380 e. The lowest BCUT2D eigenvalue weighted by Gasteiger charge is -2.23. The van der Waals surface area contributed by atoms with E-state index < -0.39 is 0 Å². The van der Waals surface area contributed by atoms with Crippen LogP contribution in [0.2, 0.25) is 0 Å². The second kappa shape index (κ2) is 6.88. The van der Waals surface area contributed by atoms with E-state index in [4.69, 9.17) is 9.47 Å². The standard InChI is InChI=1S/C15H29NO2/c1-13(2)12-17-10-9-16-11-14-5-8-15(18-14)6-3-4-7-15/h13-14,16H,3-12H2,1-2H3. The fourth-order valence-electron chi connectivity index (χ4n) is 3.15. The van der Waals surface area contributed by atoms with Gasteiger partial charge in [-0.2, -0.15) is 0 Å². The Bertz CT molecular complexity index is 237. The van der Waals surface area contributed by atoms with Gasteiger partial charge in [0.2, 0.25) is 0 Å². The molecule has 0 radical (unpaired) electrons. The molecule has 1 heterocycles. The third-order valence-electron chi connectivity index (χ3n) is 4.10. The molecule has 1 spiro atoms. The lowest BCUT2D eigenvalue weighted by Crippen LogP contribution is -2.32. The molecule has 3 nitrogen and oxygen atoms in total. The summed E-state index contributed by atoms with van der Waals surface area (Å²) in [4.78, 5) is 0. The van der Waals surface area contributed by atoms with Crippen molar-refractivity contribution in [3.8, 4) is 0 Å². The molecule has 1 N–H and O–H groups in total. The summed E-state index contributed by atoms with van der Waals surface area (Å²) >= 11 is 0. The molecule has 1 saturated carbocycles. The predicted octanol–water partition coefficient (Wildman–Crippen LogP) is 2.74. The number of hydrogen-bond acceptors (Lipinski definition) is 3. The third kappa shape index (κ3) is 4.22. The molecule has 18 heavy (non-hydrogen) atoms. The van der Waals surface area contributed by atoms with E-state index in [1.165, 1.54) is 38.5 Å². The van der Waals surface area contributed by atoms with Crippen molar-refractivity contribution in [2.75, 3.05) is 26.3 Å². The number of ether oxygens (including phenoxy) is 2. The fourth-order valence-corrected chi connectivity index (χ4v) is 3.15. The molecule has 2 aliphatic rings. The smallest absolute Gasteiger partial charge is 0.0708 e. The molecular formula is C15H29NO2. The van der Waals surface area contributed by atoms with Crippen LogP contribution in [0.15, 0.2) is 0 Å². The highest BCUT2D eigenvalue weighted by molar-refractivity contribution is 4.93. The first-order valence-corrected chi connectivity index (χ1v) is 7.66. The summed E-state index contributed by atoms with van der Waals surface area (Å²) in [5.74, 6) is 0.630. The van der Waals surface area contributed by atoms with Gasteiger partial charge < -0.3 is 14.8 Å². The van der Waals surface area contributed by atoms with Gasteiger partial charge in [-0.15, -0.1) is 0 Å². The summed E-state index contributed by atoms with van der Waals surface area (Å²) in [6.45, 7) is 7.98. The quantitative estimate of drug-likeness (QED) is 0.710. The molecule has 0 amide bonds. The van der Waals surface area contributed by atoms with Crippen LogP contribution in [-0.2, 0) is 9.47 Å². The summed E-state index contributed by atoms with van der Waals surface area (Å²) in [6.07, 6.45) is 8.27. The molecule has 106 valence electrons. The molecule has 1 atom stereocenters. The van der Waals surface area contributed by atoms with E-state index in [2.05, 4.69) is 19.2 Å². The summed E-state index contributed by atoms with van der Waals surface area (Å²) in [5, 5.41) is 3.46. The Morgan fingerprint density at radius 3 is 2.78 bits per heavy atom. The Hall–Kier alpha value is -0.120. The van der Waals surface area contributed by atoms with Crippen LogP contribution in [0.3, 0.4) is 0 Å². The summed E-state index contributed by atoms with van der Waals surface area (Å²) in [7, 11) is 0. The van der Waals surface area contributed by atoms with E-state index in [-0.39, 0.29) is 5.60 Å². The van der Waals surface area contributed by atoms with E-state index in [1.54, 1.807) is 0 Å². The zero-order valence-corrected chi connectivity index (χ0v) is 12.0. The zero-order chi connectivity index (χ0) is 12.8. The highest BCUT2D eigenvalue weighted by atomic mass is 16.5. The van der Waals surface area contributed by atoms with Gasteiger partial charge in [0, 0.05) is 19.7 Å². The van der Waals surface area contributed by atoms with Crippen molar-refractivity contribution >= 4 is 0 Å². The molecule has 1 saturated heterocycles. The Labute approximate surface area is 112 Å². The first kappa shape index (κ1) is 14.3. The van der Waals surface area contributed by atoms with Crippen LogP contribution in [0, 0.1) is 5.92 Å². The minimum Gasteiger partial charge on any atom is -0.380 e. The molecular weight excluding hydrogens is 226 g/mol. The Morgan fingerprint density at radius 1 is 1.28 bits per heavy atom. The number of nitrogens with one attached hydrogen (secondary N) is 1. The van der Waals surface area contributed by atoms with Crippen molar-refractivity contribution in [3.05, 3.63) is 0 Å². The normalized spacial score (nSPS) is 26.5. The van der Waals surface area contributed by atoms with E-state index in [0.717, 1.165) is 26.3 Å². The SMILES string of the molecule is CC(C)COCCNCC1CCC2(CCCC2)O1. The van der Waals surface area contributed by atoms with Crippen molar-refractivity contribution in [2.24, 2.45) is 5.92 Å². The van der Waals surface area contributed by atoms with E-state index >= 15 is 0 Å². The Balaban J connectivity index is 1.50. The maximum absolute atomic E-state index is 6.25. The topological polar surface area (TPSA) is 30.5 Å². The van der Waals surface area contributed by atoms with Crippen LogP contribution in [0.5, 0.6) is 0 Å². The monoisotopic (exact) mass is 255 g/mol. The van der Waals surface area contributed by atoms with E-state index in [0.29, 0.717) is 12.0 Å². The number of rotatable bonds is 7. The lowest BCUT2D eigenvalue weighted by molar-refractivity contribution is -0.0355. The third-order valence-corrected chi connectivity index (χ3v) is 4.10. The summed E-state index contributed by atoms with van der Waals surface area (Å²) < 4.78 is 11.8. The first-order valence-electron chi connectivity index (χ1n) is 7.66. The molecule has 1 aliphatic heterocycles. The van der Waals surface area contributed by atoms with Crippen molar-refractivity contribution in [3.63, 3.8) is 0 Å². The van der Waals surface area contributed by atoms with Gasteiger partial charge in [0.25, 0.3) is 0 Å². The summed E-state index contributed by atoms with van der Waals surface area (Å²) in [6, 6.07) is 0. The van der Waals surface area contributed by atoms with Crippen LogP contribution in [0.25, 0.3) is 0 Å². The molecule has 0 aromatic rings. The molecule has 1 unspecified atom stereocenters. The predicted molar refractivity (Wildman–Crippen MR) is 73.8 cm³/mol. The Kier molecular flexibility index (Phi) is 5.46. The van der Waals surface area contributed by atoms with Gasteiger partial charge in [-0.05, 0) is 31.6 Å². The molecule has 0 aromatic heterocycles. The second-order valence-corrected chi connectivity index (χ2v) is 6.34. The van der Waals surface area contributed by atoms with Crippen molar-refractivity contribution in [1.82, 2.24) is 5.32 Å². The van der Waals surface area contributed by atoms with Gasteiger partial charge in [-0.1, -0.05) is 26.7 Å². The maximum Gasteiger partial charge on any atom is 0.0708 e. The molecule has 1 aliphatic carbocycles. The highest BCUT2D eigenvalue weighted by Crippen LogP contribution is 2.42. The Morgan fingerprint density at radius 2 is 2.06 bits per heavy atom. The maximum atomic E-state index is 6.25. The van der Waals surface area contributed by atoms with Crippen LogP contribution < -0.4 is 5.32 Å². The average Bonchev–Trinajstić information content (AvgIpc) is 2.95. The van der Waals surface area contributed by atoms with Gasteiger partial charge in [-0.3, -0.25) is 0 Å². The van der Waals surface area contributed by atoms with Gasteiger partial charge >= 0.3 is 0 Å². The average molecular weight is 255 g/mol. The highest BCUT2D eigenvalue weighted by Gasteiger charge is 2.41.